The zero-order valence-corrected chi connectivity index (χ0v) is 14.4. The summed E-state index contributed by atoms with van der Waals surface area (Å²) >= 11 is 1.01. The van der Waals surface area contributed by atoms with Crippen LogP contribution < -0.4 is 10.1 Å². The Morgan fingerprint density at radius 2 is 2.00 bits per heavy atom. The van der Waals surface area contributed by atoms with Gasteiger partial charge in [-0.05, 0) is 17.7 Å². The van der Waals surface area contributed by atoms with Crippen molar-refractivity contribution in [1.29, 1.82) is 0 Å². The van der Waals surface area contributed by atoms with Crippen LogP contribution in [0.1, 0.15) is 16.4 Å². The first kappa shape index (κ1) is 18.1. The van der Waals surface area contributed by atoms with Crippen molar-refractivity contribution >= 4 is 22.2 Å². The zero-order chi connectivity index (χ0) is 18.7. The van der Waals surface area contributed by atoms with Crippen molar-refractivity contribution < 1.29 is 22.7 Å². The Hall–Kier alpha value is -2.69. The molecule has 2 aromatic heterocycles. The van der Waals surface area contributed by atoms with E-state index in [1.54, 1.807) is 31.4 Å². The molecule has 0 bridgehead atoms. The average Bonchev–Trinajstić information content (AvgIpc) is 3.14. The molecule has 0 fully saturated rings. The molecule has 3 rings (SSSR count). The number of benzene rings is 1. The number of methoxy groups -OCH3 is 1. The van der Waals surface area contributed by atoms with Gasteiger partial charge in [0.1, 0.15) is 10.8 Å². The van der Waals surface area contributed by atoms with Crippen LogP contribution in [0.2, 0.25) is 0 Å². The van der Waals surface area contributed by atoms with Gasteiger partial charge in [0.25, 0.3) is 5.82 Å². The smallest absolute Gasteiger partial charge is 0.453 e. The highest BCUT2D eigenvalue weighted by atomic mass is 32.1. The monoisotopic (exact) mass is 385 g/mol. The zero-order valence-electron chi connectivity index (χ0n) is 13.6. The number of alkyl halides is 3. The number of carbonyl (C=O) groups excluding carboxylic acids is 1. The largest absolute Gasteiger partial charge is 0.497 e. The standard InChI is InChI=1S/C15H14F3N5O2S/c1-25-10-4-2-9(3-5-10)8-11(24)19-7-6-12-22-23-13(15(16,17)18)20-21-14(23)26-12/h2-5H,6-8H2,1H3,(H,19,24). The van der Waals surface area contributed by atoms with Crippen LogP contribution in [0.15, 0.2) is 24.3 Å². The molecule has 0 radical (unpaired) electrons. The van der Waals surface area contributed by atoms with Gasteiger partial charge in [-0.3, -0.25) is 4.79 Å². The van der Waals surface area contributed by atoms with E-state index < -0.39 is 12.0 Å². The van der Waals surface area contributed by atoms with E-state index >= 15 is 0 Å². The van der Waals surface area contributed by atoms with Gasteiger partial charge in [-0.25, -0.2) is 0 Å². The Bertz CT molecular complexity index is 904. The highest BCUT2D eigenvalue weighted by molar-refractivity contribution is 7.16. The summed E-state index contributed by atoms with van der Waals surface area (Å²) in [5.74, 6) is -0.636. The number of rotatable bonds is 6. The number of hydrogen-bond acceptors (Lipinski definition) is 6. The van der Waals surface area contributed by atoms with E-state index in [-0.39, 0.29) is 23.8 Å². The number of fused-ring (bicyclic) bond motifs is 1. The molecule has 138 valence electrons. The maximum atomic E-state index is 12.7. The molecule has 2 heterocycles. The van der Waals surface area contributed by atoms with E-state index in [1.807, 2.05) is 0 Å². The van der Waals surface area contributed by atoms with Crippen molar-refractivity contribution in [3.05, 3.63) is 40.7 Å². The van der Waals surface area contributed by atoms with E-state index in [2.05, 4.69) is 20.6 Å². The molecule has 0 aliphatic heterocycles. The van der Waals surface area contributed by atoms with Crippen LogP contribution in [0.4, 0.5) is 13.2 Å². The van der Waals surface area contributed by atoms with Gasteiger partial charge in [0.15, 0.2) is 0 Å². The minimum absolute atomic E-state index is 0.0666. The predicted octanol–water partition coefficient (Wildman–Crippen LogP) is 2.11. The Kier molecular flexibility index (Phi) is 5.07. The molecule has 1 aromatic carbocycles. The number of halogens is 3. The Labute approximate surface area is 149 Å². The number of carbonyl (C=O) groups is 1. The molecule has 0 atom stereocenters. The third-order valence-corrected chi connectivity index (χ3v) is 4.43. The fraction of sp³-hybridized carbons (Fsp3) is 0.333. The van der Waals surface area contributed by atoms with Gasteiger partial charge >= 0.3 is 6.18 Å². The van der Waals surface area contributed by atoms with E-state index in [0.717, 1.165) is 16.9 Å². The molecule has 1 N–H and O–H groups in total. The first-order valence-corrected chi connectivity index (χ1v) is 8.36. The molecule has 1 amide bonds. The summed E-state index contributed by atoms with van der Waals surface area (Å²) in [5, 5.41) is 13.6. The highest BCUT2D eigenvalue weighted by Crippen LogP contribution is 2.28. The quantitative estimate of drug-likeness (QED) is 0.703. The maximum absolute atomic E-state index is 12.7. The predicted molar refractivity (Wildman–Crippen MR) is 87.1 cm³/mol. The summed E-state index contributed by atoms with van der Waals surface area (Å²) in [7, 11) is 1.56. The summed E-state index contributed by atoms with van der Waals surface area (Å²) in [6.45, 7) is 0.264. The average molecular weight is 385 g/mol. The van der Waals surface area contributed by atoms with Crippen molar-refractivity contribution in [3.63, 3.8) is 0 Å². The molecular formula is C15H14F3N5O2S. The summed E-state index contributed by atoms with van der Waals surface area (Å²) < 4.78 is 44.0. The van der Waals surface area contributed by atoms with E-state index in [0.29, 0.717) is 21.7 Å². The van der Waals surface area contributed by atoms with Crippen LogP contribution in [0.5, 0.6) is 5.75 Å². The van der Waals surface area contributed by atoms with Crippen LogP contribution in [0.25, 0.3) is 4.96 Å². The van der Waals surface area contributed by atoms with Crippen LogP contribution >= 0.6 is 11.3 Å². The van der Waals surface area contributed by atoms with Crippen LogP contribution in [0.3, 0.4) is 0 Å². The molecule has 0 saturated carbocycles. The van der Waals surface area contributed by atoms with Crippen LogP contribution in [0, 0.1) is 0 Å². The summed E-state index contributed by atoms with van der Waals surface area (Å²) in [4.78, 5) is 12.0. The van der Waals surface area contributed by atoms with Crippen molar-refractivity contribution in [1.82, 2.24) is 25.1 Å². The molecule has 11 heteroatoms. The number of hydrogen-bond donors (Lipinski definition) is 1. The minimum Gasteiger partial charge on any atom is -0.497 e. The van der Waals surface area contributed by atoms with Crippen molar-refractivity contribution in [2.24, 2.45) is 0 Å². The first-order chi connectivity index (χ1) is 12.4. The number of amides is 1. The van der Waals surface area contributed by atoms with E-state index in [4.69, 9.17) is 4.74 Å². The lowest BCUT2D eigenvalue weighted by molar-refractivity contribution is -0.146. The molecule has 0 aliphatic rings. The van der Waals surface area contributed by atoms with Crippen molar-refractivity contribution in [2.45, 2.75) is 19.0 Å². The molecule has 3 aromatic rings. The molecule has 7 nitrogen and oxygen atoms in total. The summed E-state index contributed by atoms with van der Waals surface area (Å²) in [6.07, 6.45) is -4.11. The third-order valence-electron chi connectivity index (χ3n) is 3.47. The molecule has 0 aliphatic carbocycles. The Morgan fingerprint density at radius 3 is 2.65 bits per heavy atom. The third kappa shape index (κ3) is 4.10. The molecular weight excluding hydrogens is 371 g/mol. The maximum Gasteiger partial charge on any atom is 0.453 e. The normalized spacial score (nSPS) is 11.7. The molecule has 0 spiro atoms. The van der Waals surface area contributed by atoms with Gasteiger partial charge in [-0.2, -0.15) is 22.8 Å². The van der Waals surface area contributed by atoms with Gasteiger partial charge in [-0.15, -0.1) is 10.2 Å². The molecule has 26 heavy (non-hydrogen) atoms. The Balaban J connectivity index is 1.53. The molecule has 0 unspecified atom stereocenters. The van der Waals surface area contributed by atoms with Gasteiger partial charge in [-0.1, -0.05) is 23.5 Å². The van der Waals surface area contributed by atoms with E-state index in [9.17, 15) is 18.0 Å². The Morgan fingerprint density at radius 1 is 1.27 bits per heavy atom. The number of nitrogens with zero attached hydrogens (tertiary/aromatic N) is 4. The van der Waals surface area contributed by atoms with Gasteiger partial charge < -0.3 is 10.1 Å². The van der Waals surface area contributed by atoms with E-state index in [1.165, 1.54) is 0 Å². The fourth-order valence-corrected chi connectivity index (χ4v) is 3.07. The molecule has 0 saturated heterocycles. The van der Waals surface area contributed by atoms with Crippen molar-refractivity contribution in [2.75, 3.05) is 13.7 Å². The topological polar surface area (TPSA) is 81.4 Å². The number of aromatic nitrogens is 4. The fourth-order valence-electron chi connectivity index (χ4n) is 2.23. The van der Waals surface area contributed by atoms with Gasteiger partial charge in [0.2, 0.25) is 10.9 Å². The SMILES string of the molecule is COc1ccc(CC(=O)NCCc2nn3c(C(F)(F)F)nnc3s2)cc1. The first-order valence-electron chi connectivity index (χ1n) is 7.55. The van der Waals surface area contributed by atoms with Crippen LogP contribution in [-0.2, 0) is 23.8 Å². The second kappa shape index (κ2) is 7.28. The lowest BCUT2D eigenvalue weighted by Gasteiger charge is -2.05. The van der Waals surface area contributed by atoms with Gasteiger partial charge in [0.05, 0.1) is 13.5 Å². The number of nitrogens with one attached hydrogen (secondary N) is 1. The summed E-state index contributed by atoms with van der Waals surface area (Å²) in [6, 6.07) is 7.11. The van der Waals surface area contributed by atoms with Crippen LogP contribution in [-0.4, -0.2) is 39.4 Å². The lowest BCUT2D eigenvalue weighted by atomic mass is 10.1. The summed E-state index contributed by atoms with van der Waals surface area (Å²) in [5.41, 5.74) is 0.830. The lowest BCUT2D eigenvalue weighted by Crippen LogP contribution is -2.27. The second-order valence-corrected chi connectivity index (χ2v) is 6.38. The minimum atomic E-state index is -4.61. The van der Waals surface area contributed by atoms with Crippen molar-refractivity contribution in [3.8, 4) is 5.75 Å². The second-order valence-electron chi connectivity index (χ2n) is 5.34. The number of ether oxygens (including phenoxy) is 1. The highest BCUT2D eigenvalue weighted by Gasteiger charge is 2.38. The van der Waals surface area contributed by atoms with Gasteiger partial charge in [0, 0.05) is 13.0 Å².